The van der Waals surface area contributed by atoms with Crippen LogP contribution in [0.1, 0.15) is 29.7 Å². The monoisotopic (exact) mass is 379 g/mol. The van der Waals surface area contributed by atoms with Crippen LogP contribution in [-0.2, 0) is 11.2 Å². The number of nitrogens with one attached hydrogen (secondary N) is 2. The van der Waals surface area contributed by atoms with Gasteiger partial charge in [-0.3, -0.25) is 4.79 Å². The molecule has 6 heteroatoms. The fraction of sp³-hybridized carbons (Fsp3) is 0.375. The smallest absolute Gasteiger partial charge is 0.243 e. The van der Waals surface area contributed by atoms with Crippen molar-refractivity contribution in [3.8, 4) is 0 Å². The molecule has 1 aromatic heterocycles. The number of benzene rings is 1. The van der Waals surface area contributed by atoms with Crippen molar-refractivity contribution in [1.82, 2.24) is 10.3 Å². The molecule has 4 nitrogen and oxygen atoms in total. The van der Waals surface area contributed by atoms with E-state index in [1.807, 2.05) is 18.3 Å². The van der Waals surface area contributed by atoms with Gasteiger partial charge in [-0.2, -0.15) is 0 Å². The summed E-state index contributed by atoms with van der Waals surface area (Å²) in [5, 5.41) is 6.86. The highest BCUT2D eigenvalue weighted by Gasteiger charge is 2.21. The van der Waals surface area contributed by atoms with E-state index in [1.54, 1.807) is 11.3 Å². The topological polar surface area (TPSA) is 54.0 Å². The number of hydrogen-bond acceptors (Lipinski definition) is 4. The molecule has 2 heterocycles. The maximum atomic E-state index is 12.2. The van der Waals surface area contributed by atoms with E-state index in [4.69, 9.17) is 0 Å². The third-order valence-corrected chi connectivity index (χ3v) is 5.14. The summed E-state index contributed by atoms with van der Waals surface area (Å²) >= 11 is 4.98. The molecule has 1 amide bonds. The molecule has 2 N–H and O–H groups in total. The van der Waals surface area contributed by atoms with Gasteiger partial charge in [0.2, 0.25) is 5.91 Å². The van der Waals surface area contributed by atoms with E-state index in [2.05, 4.69) is 43.7 Å². The first-order chi connectivity index (χ1) is 10.7. The summed E-state index contributed by atoms with van der Waals surface area (Å²) < 4.78 is 1.08. The van der Waals surface area contributed by atoms with Gasteiger partial charge in [-0.15, -0.1) is 11.3 Å². The number of aromatic nitrogens is 1. The molecule has 0 unspecified atom stereocenters. The van der Waals surface area contributed by atoms with Crippen molar-refractivity contribution in [1.29, 1.82) is 0 Å². The molecule has 0 saturated carbocycles. The zero-order valence-corrected chi connectivity index (χ0v) is 14.5. The van der Waals surface area contributed by atoms with Crippen LogP contribution < -0.4 is 10.6 Å². The number of anilines is 1. The fourth-order valence-electron chi connectivity index (χ4n) is 2.52. The van der Waals surface area contributed by atoms with Crippen LogP contribution in [0.25, 0.3) is 0 Å². The Balaban J connectivity index is 1.58. The highest BCUT2D eigenvalue weighted by molar-refractivity contribution is 9.10. The number of carbonyl (C=O) groups excluding carboxylic acids is 1. The standard InChI is InChI=1S/C16H18BrN3OS/c17-12-6-4-11(5-7-12)9-13-10-19-16(22-13)20-15(21)14-3-1-2-8-18-14/h4-7,10,14,18H,1-3,8-9H2,(H,19,20,21)/t14-/m0/s1. The lowest BCUT2D eigenvalue weighted by Gasteiger charge is -2.21. The molecule has 1 aliphatic heterocycles. The van der Waals surface area contributed by atoms with Gasteiger partial charge in [-0.25, -0.2) is 4.98 Å². The molecule has 0 radical (unpaired) electrons. The number of amides is 1. The number of carbonyl (C=O) groups is 1. The molecule has 0 aliphatic carbocycles. The van der Waals surface area contributed by atoms with E-state index < -0.39 is 0 Å². The average molecular weight is 380 g/mol. The molecule has 22 heavy (non-hydrogen) atoms. The maximum absolute atomic E-state index is 12.2. The van der Waals surface area contributed by atoms with Gasteiger partial charge in [0, 0.05) is 22.0 Å². The normalized spacial score (nSPS) is 18.1. The molecule has 1 saturated heterocycles. The van der Waals surface area contributed by atoms with Crippen LogP contribution in [0.15, 0.2) is 34.9 Å². The Morgan fingerprint density at radius 3 is 2.91 bits per heavy atom. The summed E-state index contributed by atoms with van der Waals surface area (Å²) in [6, 6.07) is 8.18. The lowest BCUT2D eigenvalue weighted by atomic mass is 10.0. The van der Waals surface area contributed by atoms with Crippen molar-refractivity contribution in [3.05, 3.63) is 45.4 Å². The molecule has 1 atom stereocenters. The molecule has 3 rings (SSSR count). The van der Waals surface area contributed by atoms with Crippen LogP contribution in [0, 0.1) is 0 Å². The third kappa shape index (κ3) is 4.15. The van der Waals surface area contributed by atoms with Crippen molar-refractivity contribution in [3.63, 3.8) is 0 Å². The second-order valence-electron chi connectivity index (χ2n) is 5.43. The number of rotatable bonds is 4. The molecule has 2 aromatic rings. The van der Waals surface area contributed by atoms with E-state index in [-0.39, 0.29) is 11.9 Å². The van der Waals surface area contributed by atoms with Gasteiger partial charge in [0.1, 0.15) is 0 Å². The lowest BCUT2D eigenvalue weighted by Crippen LogP contribution is -2.43. The highest BCUT2D eigenvalue weighted by Crippen LogP contribution is 2.22. The Hall–Kier alpha value is -1.24. The Labute approximate surface area is 142 Å². The molecule has 1 fully saturated rings. The average Bonchev–Trinajstić information content (AvgIpc) is 2.97. The van der Waals surface area contributed by atoms with Crippen LogP contribution in [-0.4, -0.2) is 23.5 Å². The number of piperidine rings is 1. The predicted molar refractivity (Wildman–Crippen MR) is 93.3 cm³/mol. The predicted octanol–water partition coefficient (Wildman–Crippen LogP) is 3.58. The summed E-state index contributed by atoms with van der Waals surface area (Å²) in [6.07, 6.45) is 5.85. The minimum Gasteiger partial charge on any atom is -0.306 e. The quantitative estimate of drug-likeness (QED) is 0.853. The van der Waals surface area contributed by atoms with E-state index >= 15 is 0 Å². The second kappa shape index (κ2) is 7.35. The van der Waals surface area contributed by atoms with Crippen LogP contribution in [0.3, 0.4) is 0 Å². The summed E-state index contributed by atoms with van der Waals surface area (Å²) in [7, 11) is 0. The minimum absolute atomic E-state index is 0.0317. The van der Waals surface area contributed by atoms with E-state index in [9.17, 15) is 4.79 Å². The number of halogens is 1. The Bertz CT molecular complexity index is 635. The summed E-state index contributed by atoms with van der Waals surface area (Å²) in [6.45, 7) is 0.921. The second-order valence-corrected chi connectivity index (χ2v) is 7.46. The van der Waals surface area contributed by atoms with Gasteiger partial charge >= 0.3 is 0 Å². The van der Waals surface area contributed by atoms with E-state index in [1.165, 1.54) is 5.56 Å². The van der Waals surface area contributed by atoms with Crippen LogP contribution in [0.5, 0.6) is 0 Å². The van der Waals surface area contributed by atoms with Gasteiger partial charge < -0.3 is 10.6 Å². The molecule has 1 aliphatic rings. The third-order valence-electron chi connectivity index (χ3n) is 3.70. The molecular weight excluding hydrogens is 362 g/mol. The van der Waals surface area contributed by atoms with Gasteiger partial charge in [-0.1, -0.05) is 34.5 Å². The molecule has 0 bridgehead atoms. The van der Waals surface area contributed by atoms with Crippen LogP contribution in [0.2, 0.25) is 0 Å². The van der Waals surface area contributed by atoms with Gasteiger partial charge in [-0.05, 0) is 37.1 Å². The highest BCUT2D eigenvalue weighted by atomic mass is 79.9. The van der Waals surface area contributed by atoms with Gasteiger partial charge in [0.25, 0.3) is 0 Å². The van der Waals surface area contributed by atoms with Crippen molar-refractivity contribution < 1.29 is 4.79 Å². The Kier molecular flexibility index (Phi) is 5.23. The number of nitrogens with zero attached hydrogens (tertiary/aromatic N) is 1. The van der Waals surface area contributed by atoms with Gasteiger partial charge in [0.05, 0.1) is 6.04 Å². The van der Waals surface area contributed by atoms with E-state index in [0.717, 1.165) is 41.6 Å². The van der Waals surface area contributed by atoms with Crippen molar-refractivity contribution in [2.45, 2.75) is 31.7 Å². The van der Waals surface area contributed by atoms with Crippen LogP contribution >= 0.6 is 27.3 Å². The summed E-state index contributed by atoms with van der Waals surface area (Å²) in [5.41, 5.74) is 1.23. The molecule has 1 aromatic carbocycles. The zero-order valence-electron chi connectivity index (χ0n) is 12.1. The van der Waals surface area contributed by atoms with Crippen LogP contribution in [0.4, 0.5) is 5.13 Å². The van der Waals surface area contributed by atoms with E-state index in [0.29, 0.717) is 5.13 Å². The van der Waals surface area contributed by atoms with Crippen molar-refractivity contribution in [2.75, 3.05) is 11.9 Å². The minimum atomic E-state index is -0.0763. The summed E-state index contributed by atoms with van der Waals surface area (Å²) in [5.74, 6) is 0.0317. The SMILES string of the molecule is O=C(Nc1ncc(Cc2ccc(Br)cc2)s1)[C@@H]1CCCCN1. The molecular formula is C16H18BrN3OS. The number of thiazole rings is 1. The largest absolute Gasteiger partial charge is 0.306 e. The molecule has 116 valence electrons. The maximum Gasteiger partial charge on any atom is 0.243 e. The van der Waals surface area contributed by atoms with Crippen molar-refractivity contribution in [2.24, 2.45) is 0 Å². The number of hydrogen-bond donors (Lipinski definition) is 2. The van der Waals surface area contributed by atoms with Gasteiger partial charge in [0.15, 0.2) is 5.13 Å². The Morgan fingerprint density at radius 2 is 2.18 bits per heavy atom. The Morgan fingerprint density at radius 1 is 1.36 bits per heavy atom. The first-order valence-corrected chi connectivity index (χ1v) is 9.05. The molecule has 0 spiro atoms. The summed E-state index contributed by atoms with van der Waals surface area (Å²) in [4.78, 5) is 17.6. The lowest BCUT2D eigenvalue weighted by molar-refractivity contribution is -0.118. The fourth-order valence-corrected chi connectivity index (χ4v) is 3.63. The first-order valence-electron chi connectivity index (χ1n) is 7.44. The zero-order chi connectivity index (χ0) is 15.4. The first kappa shape index (κ1) is 15.6. The van der Waals surface area contributed by atoms with Crippen molar-refractivity contribution >= 4 is 38.3 Å².